The Morgan fingerprint density at radius 2 is 0.963 bits per heavy atom. The first-order valence-corrected chi connectivity index (χ1v) is 28.1. The van der Waals surface area contributed by atoms with Gasteiger partial charge in [-0.25, -0.2) is 0 Å². The lowest BCUT2D eigenvalue weighted by Crippen LogP contribution is -2.63. The van der Waals surface area contributed by atoms with E-state index in [0.717, 1.165) is 14.7 Å². The van der Waals surface area contributed by atoms with Gasteiger partial charge in [0.25, 0.3) is 0 Å². The van der Waals surface area contributed by atoms with Crippen molar-refractivity contribution in [2.45, 2.75) is 197 Å². The molecule has 0 spiro atoms. The first-order chi connectivity index (χ1) is 36.8. The summed E-state index contributed by atoms with van der Waals surface area (Å²) in [5.74, 6) is -8.64. The Balaban J connectivity index is 6.97. The van der Waals surface area contributed by atoms with E-state index in [-0.39, 0.29) is 48.8 Å². The molecule has 0 aliphatic rings. The minimum Gasteiger partial charge on any atom is -0.390 e. The second-order valence-electron chi connectivity index (χ2n) is 23.4. The monoisotopic (exact) mass is 1130 g/mol. The van der Waals surface area contributed by atoms with E-state index in [1.807, 2.05) is 41.5 Å². The molecule has 23 nitrogen and oxygen atoms in total. The van der Waals surface area contributed by atoms with Gasteiger partial charge >= 0.3 is 0 Å². The van der Waals surface area contributed by atoms with E-state index < -0.39 is 138 Å². The van der Waals surface area contributed by atoms with E-state index in [1.165, 1.54) is 89.7 Å². The summed E-state index contributed by atoms with van der Waals surface area (Å²) in [6.07, 6.45) is 2.76. The number of nitrogens with zero attached hydrogens (tertiary/aromatic N) is 7. The number of allylic oxidation sites excluding steroid dienone is 2. The van der Waals surface area contributed by atoms with Gasteiger partial charge in [-0.15, -0.1) is 0 Å². The smallest absolute Gasteiger partial charge is 0.246 e. The number of primary amides is 1. The average Bonchev–Trinajstić information content (AvgIpc) is 3.38. The van der Waals surface area contributed by atoms with Crippen molar-refractivity contribution in [1.82, 2.24) is 50.2 Å². The van der Waals surface area contributed by atoms with Crippen molar-refractivity contribution in [3.8, 4) is 0 Å². The standard InChI is InChI=1S/C57H103N11O12/c1-24-26-27-35(11)47(70)46(51(74)61-41(25-2)54(77)62(17)30-44(69)63(18)39(15)48(58)71)68(23)57(80)45(34(9)10)67(22)56(79)43(29-32(5)6)66(21)55(78)42(28-31(3)4)65(20)53(76)38(14)60-49(72)37(13)59-50(73)40(16)64(19)52(75)36(12)33(7)8/h24,26,31-43,45-47,70H,25,27-30H2,1-23H3,(H2,58,71)(H,59,73)(H,60,72)(H,61,74)/b26-24+/t35-,36-,37-,38+,39-,40-,41-,42-,43-,45-,46?,47+/m1/s1. The molecule has 1 unspecified atom stereocenters. The summed E-state index contributed by atoms with van der Waals surface area (Å²) in [5.41, 5.74) is 5.37. The molecule has 80 heavy (non-hydrogen) atoms. The van der Waals surface area contributed by atoms with Crippen LogP contribution in [0.2, 0.25) is 0 Å². The number of rotatable bonds is 32. The summed E-state index contributed by atoms with van der Waals surface area (Å²) >= 11 is 0. The summed E-state index contributed by atoms with van der Waals surface area (Å²) < 4.78 is 0. The van der Waals surface area contributed by atoms with Crippen molar-refractivity contribution in [2.24, 2.45) is 41.2 Å². The van der Waals surface area contributed by atoms with E-state index in [0.29, 0.717) is 6.42 Å². The van der Waals surface area contributed by atoms with Crippen LogP contribution in [0.25, 0.3) is 0 Å². The van der Waals surface area contributed by atoms with Gasteiger partial charge in [-0.2, -0.15) is 0 Å². The summed E-state index contributed by atoms with van der Waals surface area (Å²) in [4.78, 5) is 160. The number of hydrogen-bond acceptors (Lipinski definition) is 12. The molecule has 0 radical (unpaired) electrons. The topological polar surface area (TPSA) is 293 Å². The molecule has 0 rings (SSSR count). The molecule has 0 aromatic heterocycles. The number of likely N-dealkylation sites (N-methyl/N-ethyl adjacent to an activating group) is 7. The van der Waals surface area contributed by atoms with E-state index in [1.54, 1.807) is 60.6 Å². The van der Waals surface area contributed by atoms with Crippen molar-refractivity contribution in [3.63, 3.8) is 0 Å². The van der Waals surface area contributed by atoms with E-state index in [4.69, 9.17) is 5.73 Å². The Hall–Kier alpha value is -6.13. The van der Waals surface area contributed by atoms with Crippen molar-refractivity contribution in [1.29, 1.82) is 0 Å². The van der Waals surface area contributed by atoms with Gasteiger partial charge in [-0.1, -0.05) is 88.3 Å². The third-order valence-electron chi connectivity index (χ3n) is 15.3. The zero-order valence-electron chi connectivity index (χ0n) is 52.6. The largest absolute Gasteiger partial charge is 0.390 e. The normalized spacial score (nSPS) is 16.1. The van der Waals surface area contributed by atoms with Crippen LogP contribution in [-0.4, -0.2) is 221 Å². The van der Waals surface area contributed by atoms with E-state index in [2.05, 4.69) is 16.0 Å². The first-order valence-electron chi connectivity index (χ1n) is 28.1. The second kappa shape index (κ2) is 33.6. The predicted octanol–water partition coefficient (Wildman–Crippen LogP) is 1.84. The molecule has 0 aliphatic carbocycles. The molecule has 12 atom stereocenters. The average molecular weight is 1130 g/mol. The van der Waals surface area contributed by atoms with Gasteiger partial charge < -0.3 is 61.1 Å². The lowest BCUT2D eigenvalue weighted by Gasteiger charge is -2.41. The van der Waals surface area contributed by atoms with Gasteiger partial charge in [-0.3, -0.25) is 52.7 Å². The summed E-state index contributed by atoms with van der Waals surface area (Å²) in [6, 6.07) is -10.5. The van der Waals surface area contributed by atoms with Crippen LogP contribution in [-0.2, 0) is 52.7 Å². The van der Waals surface area contributed by atoms with Gasteiger partial charge in [0.15, 0.2) is 0 Å². The Morgan fingerprint density at radius 1 is 0.500 bits per heavy atom. The summed E-state index contributed by atoms with van der Waals surface area (Å²) in [6.45, 7) is 27.0. The number of carbonyl (C=O) groups is 11. The molecule has 0 aliphatic heterocycles. The molecule has 0 heterocycles. The van der Waals surface area contributed by atoms with Crippen LogP contribution in [0.15, 0.2) is 12.2 Å². The number of aliphatic hydroxyl groups excluding tert-OH is 1. The molecule has 23 heteroatoms. The van der Waals surface area contributed by atoms with Crippen molar-refractivity contribution < 1.29 is 57.8 Å². The van der Waals surface area contributed by atoms with Crippen molar-refractivity contribution in [2.75, 3.05) is 55.9 Å². The highest BCUT2D eigenvalue weighted by atomic mass is 16.3. The Bertz CT molecular complexity index is 2170. The van der Waals surface area contributed by atoms with Crippen LogP contribution in [0.1, 0.15) is 136 Å². The van der Waals surface area contributed by atoms with Crippen LogP contribution in [0, 0.1) is 35.5 Å². The first kappa shape index (κ1) is 73.9. The molecular weight excluding hydrogens is 1030 g/mol. The van der Waals surface area contributed by atoms with E-state index in [9.17, 15) is 53.1 Å². The number of aliphatic hydroxyl groups is 1. The highest BCUT2D eigenvalue weighted by Crippen LogP contribution is 2.25. The van der Waals surface area contributed by atoms with Gasteiger partial charge in [0, 0.05) is 55.3 Å². The Kier molecular flexibility index (Phi) is 31.0. The van der Waals surface area contributed by atoms with Gasteiger partial charge in [0.1, 0.15) is 54.4 Å². The quantitative estimate of drug-likeness (QED) is 0.0604. The van der Waals surface area contributed by atoms with Gasteiger partial charge in [0.05, 0.1) is 12.6 Å². The zero-order chi connectivity index (χ0) is 62.7. The maximum Gasteiger partial charge on any atom is 0.246 e. The fraction of sp³-hybridized carbons (Fsp3) is 0.772. The highest BCUT2D eigenvalue weighted by Gasteiger charge is 2.45. The maximum atomic E-state index is 15.0. The lowest BCUT2D eigenvalue weighted by atomic mass is 9.91. The van der Waals surface area contributed by atoms with Crippen LogP contribution < -0.4 is 21.7 Å². The van der Waals surface area contributed by atoms with Crippen LogP contribution in [0.5, 0.6) is 0 Å². The second-order valence-corrected chi connectivity index (χ2v) is 23.4. The maximum absolute atomic E-state index is 15.0. The Labute approximate surface area is 477 Å². The van der Waals surface area contributed by atoms with E-state index >= 15 is 4.79 Å². The summed E-state index contributed by atoms with van der Waals surface area (Å²) in [5, 5.41) is 19.9. The number of nitrogens with one attached hydrogen (secondary N) is 3. The predicted molar refractivity (Wildman–Crippen MR) is 307 cm³/mol. The van der Waals surface area contributed by atoms with Crippen molar-refractivity contribution in [3.05, 3.63) is 12.2 Å². The zero-order valence-corrected chi connectivity index (χ0v) is 52.6. The van der Waals surface area contributed by atoms with Gasteiger partial charge in [-0.05, 0) is 89.9 Å². The van der Waals surface area contributed by atoms with Crippen molar-refractivity contribution >= 4 is 65.0 Å². The van der Waals surface area contributed by atoms with Crippen LogP contribution >= 0.6 is 0 Å². The third-order valence-corrected chi connectivity index (χ3v) is 15.3. The molecule has 458 valence electrons. The number of amides is 11. The Morgan fingerprint density at radius 3 is 1.40 bits per heavy atom. The fourth-order valence-corrected chi connectivity index (χ4v) is 9.00. The molecule has 0 saturated heterocycles. The minimum atomic E-state index is -1.59. The molecular formula is C57H103N11O12. The fourth-order valence-electron chi connectivity index (χ4n) is 9.00. The lowest BCUT2D eigenvalue weighted by molar-refractivity contribution is -0.157. The molecule has 6 N–H and O–H groups in total. The van der Waals surface area contributed by atoms with Gasteiger partial charge in [0.2, 0.25) is 65.0 Å². The molecule has 0 fully saturated rings. The molecule has 0 aromatic carbocycles. The molecule has 0 bridgehead atoms. The number of hydrogen-bond donors (Lipinski definition) is 5. The minimum absolute atomic E-state index is 0.0457. The number of carbonyl (C=O) groups excluding carboxylic acids is 11. The highest BCUT2D eigenvalue weighted by molar-refractivity contribution is 5.98. The number of nitrogens with two attached hydrogens (primary N) is 1. The molecule has 0 aromatic rings. The SMILES string of the molecule is C/C=C/C[C@@H](C)[C@H](O)C(C(=O)N[C@H](CC)C(=O)N(C)CC(=O)N(C)[C@H](C)C(N)=O)N(C)C(=O)[C@@H](C(C)C)N(C)C(=O)[C@@H](CC(C)C)N(C)C(=O)[C@@H](CC(C)C)N(C)C(=O)[C@H](C)NC(=O)[C@@H](C)NC(=O)[C@@H](C)N(C)C(=O)[C@H](C)C(C)C. The molecule has 0 saturated carbocycles. The van der Waals surface area contributed by atoms with Crippen LogP contribution in [0.3, 0.4) is 0 Å². The summed E-state index contributed by atoms with van der Waals surface area (Å²) in [7, 11) is 9.90. The van der Waals surface area contributed by atoms with Crippen LogP contribution in [0.4, 0.5) is 0 Å². The third kappa shape index (κ3) is 20.8. The molecule has 11 amide bonds.